The van der Waals surface area contributed by atoms with E-state index in [1.165, 1.54) is 0 Å². The number of fused-ring (bicyclic) bond motifs is 2. The van der Waals surface area contributed by atoms with Gasteiger partial charge in [-0.15, -0.1) is 0 Å². The van der Waals surface area contributed by atoms with Crippen molar-refractivity contribution in [2.45, 2.75) is 26.2 Å². The van der Waals surface area contributed by atoms with E-state index < -0.39 is 0 Å². The van der Waals surface area contributed by atoms with Crippen LogP contribution in [-0.2, 0) is 4.79 Å². The van der Waals surface area contributed by atoms with E-state index in [-0.39, 0.29) is 25.5 Å². The highest BCUT2D eigenvalue weighted by molar-refractivity contribution is 5.75. The topological polar surface area (TPSA) is 72.5 Å². The molecule has 0 saturated heterocycles. The van der Waals surface area contributed by atoms with Gasteiger partial charge in [-0.1, -0.05) is 6.92 Å². The number of carbonyl (C=O) groups is 1. The molecule has 0 N–H and O–H groups in total. The van der Waals surface area contributed by atoms with Gasteiger partial charge in [0.05, 0.1) is 12.5 Å². The van der Waals surface area contributed by atoms with Crippen molar-refractivity contribution in [2.75, 3.05) is 20.2 Å². The first-order chi connectivity index (χ1) is 13.7. The van der Waals surface area contributed by atoms with Gasteiger partial charge in [0.25, 0.3) is 0 Å². The van der Waals surface area contributed by atoms with Gasteiger partial charge >= 0.3 is 5.97 Å². The van der Waals surface area contributed by atoms with Crippen LogP contribution in [0.15, 0.2) is 36.4 Å². The van der Waals surface area contributed by atoms with Crippen molar-refractivity contribution in [3.8, 4) is 34.5 Å². The maximum atomic E-state index is 12.3. The zero-order valence-electron chi connectivity index (χ0n) is 15.6. The van der Waals surface area contributed by atoms with Crippen molar-refractivity contribution in [1.29, 1.82) is 0 Å². The van der Waals surface area contributed by atoms with Crippen molar-refractivity contribution < 1.29 is 33.2 Å². The SMILES string of the molecule is CC(CCCCOc1ccc2c(c1)OCO2)C(=O)Oc1ccc2c(c1)OCO2. The van der Waals surface area contributed by atoms with Gasteiger partial charge in [0.15, 0.2) is 23.0 Å². The fourth-order valence-electron chi connectivity index (χ4n) is 2.98. The van der Waals surface area contributed by atoms with Crippen molar-refractivity contribution >= 4 is 5.97 Å². The van der Waals surface area contributed by atoms with E-state index >= 15 is 0 Å². The molecular weight excluding hydrogens is 364 g/mol. The predicted molar refractivity (Wildman–Crippen MR) is 99.3 cm³/mol. The van der Waals surface area contributed by atoms with Crippen molar-refractivity contribution in [1.82, 2.24) is 0 Å². The molecule has 0 amide bonds. The van der Waals surface area contributed by atoms with E-state index in [2.05, 4.69) is 0 Å². The van der Waals surface area contributed by atoms with Gasteiger partial charge in [-0.25, -0.2) is 0 Å². The molecule has 2 aromatic rings. The lowest BCUT2D eigenvalue weighted by Crippen LogP contribution is -2.18. The molecule has 7 nitrogen and oxygen atoms in total. The third kappa shape index (κ3) is 4.24. The quantitative estimate of drug-likeness (QED) is 0.387. The van der Waals surface area contributed by atoms with E-state index in [9.17, 15) is 4.79 Å². The van der Waals surface area contributed by atoms with Crippen molar-refractivity contribution in [3.05, 3.63) is 36.4 Å². The number of hydrogen-bond acceptors (Lipinski definition) is 7. The van der Waals surface area contributed by atoms with Crippen LogP contribution in [0.4, 0.5) is 0 Å². The van der Waals surface area contributed by atoms with Gasteiger partial charge in [0.1, 0.15) is 11.5 Å². The van der Waals surface area contributed by atoms with Crippen LogP contribution in [0, 0.1) is 5.92 Å². The molecule has 0 aromatic heterocycles. The van der Waals surface area contributed by atoms with Gasteiger partial charge in [-0.2, -0.15) is 0 Å². The van der Waals surface area contributed by atoms with Crippen LogP contribution in [0.25, 0.3) is 0 Å². The number of carbonyl (C=O) groups excluding carboxylic acids is 1. The van der Waals surface area contributed by atoms with Crippen LogP contribution in [0.1, 0.15) is 26.2 Å². The zero-order valence-corrected chi connectivity index (χ0v) is 15.6. The largest absolute Gasteiger partial charge is 0.493 e. The van der Waals surface area contributed by atoms with Gasteiger partial charge in [-0.05, 0) is 43.5 Å². The summed E-state index contributed by atoms with van der Waals surface area (Å²) in [5.41, 5.74) is 0. The van der Waals surface area contributed by atoms with E-state index in [0.717, 1.165) is 30.8 Å². The van der Waals surface area contributed by atoms with E-state index in [4.69, 9.17) is 28.4 Å². The summed E-state index contributed by atoms with van der Waals surface area (Å²) < 4.78 is 32.3. The highest BCUT2D eigenvalue weighted by Gasteiger charge is 2.18. The Morgan fingerprint density at radius 2 is 1.50 bits per heavy atom. The fourth-order valence-corrected chi connectivity index (χ4v) is 2.98. The van der Waals surface area contributed by atoms with E-state index in [1.54, 1.807) is 18.2 Å². The minimum absolute atomic E-state index is 0.192. The molecular formula is C21H22O7. The number of unbranched alkanes of at least 4 members (excludes halogenated alkanes) is 1. The van der Waals surface area contributed by atoms with Gasteiger partial charge in [0, 0.05) is 12.1 Å². The molecule has 4 rings (SSSR count). The third-order valence-electron chi connectivity index (χ3n) is 4.61. The Balaban J connectivity index is 1.16. The van der Waals surface area contributed by atoms with Crippen molar-refractivity contribution in [2.24, 2.45) is 5.92 Å². The molecule has 28 heavy (non-hydrogen) atoms. The predicted octanol–water partition coefficient (Wildman–Crippen LogP) is 3.93. The molecule has 0 aliphatic carbocycles. The average molecular weight is 386 g/mol. The summed E-state index contributed by atoms with van der Waals surface area (Å²) in [5.74, 6) is 3.46. The average Bonchev–Trinajstić information content (AvgIpc) is 3.35. The minimum atomic E-state index is -0.254. The molecule has 0 bridgehead atoms. The summed E-state index contributed by atoms with van der Waals surface area (Å²) in [4.78, 5) is 12.3. The van der Waals surface area contributed by atoms with Gasteiger partial charge < -0.3 is 28.4 Å². The molecule has 0 spiro atoms. The van der Waals surface area contributed by atoms with Crippen LogP contribution in [0.5, 0.6) is 34.5 Å². The number of ether oxygens (including phenoxy) is 6. The lowest BCUT2D eigenvalue weighted by molar-refractivity contribution is -0.138. The molecule has 1 unspecified atom stereocenters. The second-order valence-corrected chi connectivity index (χ2v) is 6.70. The summed E-state index contributed by atoms with van der Waals surface area (Å²) in [7, 11) is 0. The smallest absolute Gasteiger partial charge is 0.314 e. The Hall–Kier alpha value is -3.09. The summed E-state index contributed by atoms with van der Waals surface area (Å²) in [6.07, 6.45) is 2.44. The maximum Gasteiger partial charge on any atom is 0.314 e. The van der Waals surface area contributed by atoms with E-state index in [1.807, 2.05) is 25.1 Å². The Bertz CT molecular complexity index is 849. The second kappa shape index (κ2) is 8.29. The van der Waals surface area contributed by atoms with Crippen molar-refractivity contribution in [3.63, 3.8) is 0 Å². The van der Waals surface area contributed by atoms with Crippen LogP contribution < -0.4 is 28.4 Å². The second-order valence-electron chi connectivity index (χ2n) is 6.70. The monoisotopic (exact) mass is 386 g/mol. The van der Waals surface area contributed by atoms with Crippen LogP contribution in [0.2, 0.25) is 0 Å². The number of benzene rings is 2. The minimum Gasteiger partial charge on any atom is -0.493 e. The fraction of sp³-hybridized carbons (Fsp3) is 0.381. The Kier molecular flexibility index (Phi) is 5.41. The molecule has 0 saturated carbocycles. The van der Waals surface area contributed by atoms with Gasteiger partial charge in [-0.3, -0.25) is 4.79 Å². The highest BCUT2D eigenvalue weighted by Crippen LogP contribution is 2.36. The molecule has 2 aromatic carbocycles. The molecule has 0 fully saturated rings. The first-order valence-corrected chi connectivity index (χ1v) is 9.33. The zero-order chi connectivity index (χ0) is 19.3. The Labute approximate surface area is 163 Å². The molecule has 148 valence electrons. The highest BCUT2D eigenvalue weighted by atomic mass is 16.7. The summed E-state index contributed by atoms with van der Waals surface area (Å²) in [6.45, 7) is 2.88. The maximum absolute atomic E-state index is 12.3. The normalized spacial score (nSPS) is 14.6. The Morgan fingerprint density at radius 3 is 2.21 bits per heavy atom. The van der Waals surface area contributed by atoms with Crippen LogP contribution >= 0.6 is 0 Å². The summed E-state index contributed by atoms with van der Waals surface area (Å²) in [5, 5.41) is 0. The number of rotatable bonds is 8. The van der Waals surface area contributed by atoms with Crippen LogP contribution in [0.3, 0.4) is 0 Å². The Morgan fingerprint density at radius 1 is 0.893 bits per heavy atom. The summed E-state index contributed by atoms with van der Waals surface area (Å²) in [6, 6.07) is 10.6. The third-order valence-corrected chi connectivity index (χ3v) is 4.61. The lowest BCUT2D eigenvalue weighted by atomic mass is 10.0. The number of esters is 1. The molecule has 2 aliphatic rings. The first-order valence-electron chi connectivity index (χ1n) is 9.33. The molecule has 7 heteroatoms. The molecule has 2 heterocycles. The van der Waals surface area contributed by atoms with Crippen LogP contribution in [-0.4, -0.2) is 26.2 Å². The number of hydrogen-bond donors (Lipinski definition) is 0. The van der Waals surface area contributed by atoms with E-state index in [0.29, 0.717) is 29.6 Å². The molecule has 1 atom stereocenters. The standard InChI is InChI=1S/C21H22O7/c1-14(21(22)28-16-6-8-18-20(11-16)27-13-25-18)4-2-3-9-23-15-5-7-17-19(10-15)26-12-24-17/h5-8,10-11,14H,2-4,9,12-13H2,1H3. The molecule has 0 radical (unpaired) electrons. The lowest BCUT2D eigenvalue weighted by Gasteiger charge is -2.12. The summed E-state index contributed by atoms with van der Waals surface area (Å²) >= 11 is 0. The van der Waals surface area contributed by atoms with Gasteiger partial charge in [0.2, 0.25) is 13.6 Å². The first kappa shape index (κ1) is 18.3. The molecule has 2 aliphatic heterocycles.